The van der Waals surface area contributed by atoms with E-state index in [-0.39, 0.29) is 36.9 Å². The molecule has 6 amide bonds. The third-order valence-electron chi connectivity index (χ3n) is 8.43. The second-order valence-corrected chi connectivity index (χ2v) is 13.5. The maximum Gasteiger partial charge on any atom is 0.490 e. The molecule has 4 aromatic carbocycles. The van der Waals surface area contributed by atoms with Gasteiger partial charge in [0, 0.05) is 24.5 Å². The normalized spacial score (nSPS) is 11.0. The summed E-state index contributed by atoms with van der Waals surface area (Å²) in [6.45, 7) is 0.498. The summed E-state index contributed by atoms with van der Waals surface area (Å²) < 4.78 is 136. The zero-order valence-electron chi connectivity index (χ0n) is 34.8. The van der Waals surface area contributed by atoms with Crippen LogP contribution in [0.15, 0.2) is 97.3 Å². The van der Waals surface area contributed by atoms with Gasteiger partial charge in [-0.25, -0.2) is 23.2 Å². The number of carbonyl (C=O) groups excluding carboxylic acids is 4. The molecule has 2 aromatic heterocycles. The number of carboxylic acids is 1. The number of anilines is 6. The Morgan fingerprint density at radius 2 is 0.900 bits per heavy atom. The van der Waals surface area contributed by atoms with Crippen LogP contribution in [0.5, 0.6) is 0 Å². The summed E-state index contributed by atoms with van der Waals surface area (Å²) in [5, 5.41) is 34.4. The van der Waals surface area contributed by atoms with Gasteiger partial charge in [0.2, 0.25) is 0 Å². The van der Waals surface area contributed by atoms with Gasteiger partial charge in [-0.15, -0.1) is 12.4 Å². The SMILES string of the molecule is Cl.NC(=O)c1[nH]ncc1NCc1cccc(NC(=O)Nc2cc(C(F)(F)F)ccc2F)c1.NC(=O)c1[nH]ncc1NCc1cccc(NC(=O)Nc2cc(C(F)(F)F)ccc2F)c1.O=C(O)C(F)(F)F. The first-order valence-corrected chi connectivity index (χ1v) is 18.7. The van der Waals surface area contributed by atoms with E-state index >= 15 is 0 Å². The minimum absolute atomic E-state index is 0. The Morgan fingerprint density at radius 3 is 1.21 bits per heavy atom. The molecule has 374 valence electrons. The van der Waals surface area contributed by atoms with Crippen LogP contribution < -0.4 is 43.4 Å². The molecular formula is C40H34ClF11N12O6. The highest BCUT2D eigenvalue weighted by Crippen LogP contribution is 2.33. The Balaban J connectivity index is 0.000000322. The van der Waals surface area contributed by atoms with E-state index in [9.17, 15) is 67.5 Å². The van der Waals surface area contributed by atoms with Crippen molar-refractivity contribution in [2.24, 2.45) is 11.5 Å². The predicted molar refractivity (Wildman–Crippen MR) is 231 cm³/mol. The van der Waals surface area contributed by atoms with E-state index in [0.29, 0.717) is 70.3 Å². The molecule has 6 aromatic rings. The summed E-state index contributed by atoms with van der Waals surface area (Å²) in [7, 11) is 0. The summed E-state index contributed by atoms with van der Waals surface area (Å²) in [5.74, 6) is -6.15. The summed E-state index contributed by atoms with van der Waals surface area (Å²) in [6.07, 6.45) is -11.7. The number of hydrogen-bond donors (Lipinski definition) is 11. The number of nitrogens with one attached hydrogen (secondary N) is 8. The molecular weight excluding hydrogens is 989 g/mol. The van der Waals surface area contributed by atoms with Crippen molar-refractivity contribution < 1.29 is 77.4 Å². The monoisotopic (exact) mass is 1020 g/mol. The number of amides is 6. The lowest BCUT2D eigenvalue weighted by atomic mass is 10.2. The number of aromatic amines is 2. The summed E-state index contributed by atoms with van der Waals surface area (Å²) in [4.78, 5) is 55.7. The number of rotatable bonds is 12. The summed E-state index contributed by atoms with van der Waals surface area (Å²) >= 11 is 0. The van der Waals surface area contributed by atoms with Gasteiger partial charge in [0.25, 0.3) is 11.8 Å². The van der Waals surface area contributed by atoms with Gasteiger partial charge in [0.05, 0.1) is 46.3 Å². The number of urea groups is 2. The molecule has 0 aliphatic rings. The van der Waals surface area contributed by atoms with Crippen molar-refractivity contribution in [3.63, 3.8) is 0 Å². The first kappa shape index (κ1) is 55.7. The third kappa shape index (κ3) is 16.9. The number of alkyl halides is 9. The van der Waals surface area contributed by atoms with E-state index in [1.807, 2.05) is 0 Å². The summed E-state index contributed by atoms with van der Waals surface area (Å²) in [5.41, 5.74) is 10.1. The fourth-order valence-electron chi connectivity index (χ4n) is 5.29. The van der Waals surface area contributed by atoms with Gasteiger partial charge in [0.15, 0.2) is 0 Å². The number of nitrogens with two attached hydrogens (primary N) is 2. The van der Waals surface area contributed by atoms with Crippen molar-refractivity contribution in [2.45, 2.75) is 31.6 Å². The van der Waals surface area contributed by atoms with Crippen LogP contribution in [0, 0.1) is 11.6 Å². The second kappa shape index (κ2) is 23.9. The zero-order valence-corrected chi connectivity index (χ0v) is 35.6. The summed E-state index contributed by atoms with van der Waals surface area (Å²) in [6, 6.07) is 14.5. The Labute approximate surface area is 391 Å². The number of primary amides is 2. The van der Waals surface area contributed by atoms with Crippen molar-refractivity contribution >= 4 is 76.4 Å². The molecule has 0 aliphatic carbocycles. The van der Waals surface area contributed by atoms with Crippen LogP contribution in [0.3, 0.4) is 0 Å². The zero-order chi connectivity index (χ0) is 51.3. The topological polar surface area (TPSA) is 287 Å². The lowest BCUT2D eigenvalue weighted by Crippen LogP contribution is -2.21. The molecule has 0 atom stereocenters. The predicted octanol–water partition coefficient (Wildman–Crippen LogP) is 8.90. The largest absolute Gasteiger partial charge is 0.490 e. The fourth-order valence-corrected chi connectivity index (χ4v) is 5.29. The number of H-pyrrole nitrogens is 2. The average Bonchev–Trinajstić information content (AvgIpc) is 3.94. The molecule has 30 heteroatoms. The number of carboxylic acid groups (broad SMARTS) is 1. The number of nitrogens with zero attached hydrogens (tertiary/aromatic N) is 2. The number of carbonyl (C=O) groups is 5. The lowest BCUT2D eigenvalue weighted by Gasteiger charge is -2.12. The van der Waals surface area contributed by atoms with Crippen molar-refractivity contribution in [1.29, 1.82) is 0 Å². The molecule has 6 rings (SSSR count). The lowest BCUT2D eigenvalue weighted by molar-refractivity contribution is -0.192. The maximum absolute atomic E-state index is 13.8. The Kier molecular flexibility index (Phi) is 19.0. The number of benzene rings is 4. The van der Waals surface area contributed by atoms with Gasteiger partial charge in [-0.05, 0) is 71.8 Å². The van der Waals surface area contributed by atoms with Gasteiger partial charge in [0.1, 0.15) is 23.0 Å². The van der Waals surface area contributed by atoms with Gasteiger partial charge in [-0.3, -0.25) is 19.8 Å². The van der Waals surface area contributed by atoms with Crippen LogP contribution >= 0.6 is 12.4 Å². The minimum atomic E-state index is -5.08. The molecule has 70 heavy (non-hydrogen) atoms. The van der Waals surface area contributed by atoms with Gasteiger partial charge in [-0.1, -0.05) is 24.3 Å². The molecule has 13 N–H and O–H groups in total. The van der Waals surface area contributed by atoms with Gasteiger partial charge in [-0.2, -0.15) is 49.7 Å². The van der Waals surface area contributed by atoms with Gasteiger partial charge >= 0.3 is 36.6 Å². The van der Waals surface area contributed by atoms with Crippen molar-refractivity contribution in [3.8, 4) is 0 Å². The Hall–Kier alpha value is -8.63. The van der Waals surface area contributed by atoms with Crippen LogP contribution in [0.4, 0.5) is 92.0 Å². The maximum atomic E-state index is 13.8. The van der Waals surface area contributed by atoms with E-state index in [2.05, 4.69) is 52.3 Å². The number of aromatic nitrogens is 4. The second-order valence-electron chi connectivity index (χ2n) is 13.5. The smallest absolute Gasteiger partial charge is 0.475 e. The van der Waals surface area contributed by atoms with E-state index in [0.717, 1.165) is 0 Å². The van der Waals surface area contributed by atoms with Crippen molar-refractivity contribution in [3.05, 3.63) is 143 Å². The number of halogens is 12. The molecule has 18 nitrogen and oxygen atoms in total. The molecule has 0 fully saturated rings. The molecule has 0 radical (unpaired) electrons. The van der Waals surface area contributed by atoms with Crippen LogP contribution in [-0.4, -0.2) is 61.5 Å². The molecule has 0 aliphatic heterocycles. The molecule has 0 spiro atoms. The van der Waals surface area contributed by atoms with E-state index in [1.54, 1.807) is 36.4 Å². The highest BCUT2D eigenvalue weighted by atomic mass is 35.5. The van der Waals surface area contributed by atoms with Crippen LogP contribution in [0.25, 0.3) is 0 Å². The average molecular weight is 1020 g/mol. The number of hydrogen-bond acceptors (Lipinski definition) is 9. The quantitative estimate of drug-likeness (QED) is 0.0518. The van der Waals surface area contributed by atoms with E-state index in [1.165, 1.54) is 24.5 Å². The van der Waals surface area contributed by atoms with Crippen LogP contribution in [-0.2, 0) is 30.2 Å². The Morgan fingerprint density at radius 1 is 0.543 bits per heavy atom. The molecule has 2 heterocycles. The molecule has 0 bridgehead atoms. The third-order valence-corrected chi connectivity index (χ3v) is 8.43. The van der Waals surface area contributed by atoms with E-state index in [4.69, 9.17) is 21.4 Å². The highest BCUT2D eigenvalue weighted by Gasteiger charge is 2.38. The highest BCUT2D eigenvalue weighted by molar-refractivity contribution is 6.01. The first-order chi connectivity index (χ1) is 32.2. The van der Waals surface area contributed by atoms with Crippen LogP contribution in [0.2, 0.25) is 0 Å². The minimum Gasteiger partial charge on any atom is -0.475 e. The van der Waals surface area contributed by atoms with Gasteiger partial charge < -0.3 is 48.5 Å². The first-order valence-electron chi connectivity index (χ1n) is 18.7. The van der Waals surface area contributed by atoms with Crippen LogP contribution in [0.1, 0.15) is 43.2 Å². The molecule has 0 saturated carbocycles. The standard InChI is InChI=1S/2C19H16F4N6O2.C2HF3O2.ClH/c2*20-13-5-4-11(19(21,22)23)7-14(13)28-18(31)27-12-3-1-2-10(6-12)8-25-15-9-26-29-16(15)17(24)30;3-2(4,5)1(6)7;/h2*1-7,9,25H,8H2,(H2,24,30)(H,26,29)(H2,27,28,31);(H,6,7);1H. The Bertz CT molecular complexity index is 2630. The molecule has 0 unspecified atom stereocenters. The van der Waals surface area contributed by atoms with Crippen molar-refractivity contribution in [2.75, 3.05) is 31.9 Å². The number of aliphatic carboxylic acids is 1. The van der Waals surface area contributed by atoms with Crippen molar-refractivity contribution in [1.82, 2.24) is 20.4 Å². The fraction of sp³-hybridized carbons (Fsp3) is 0.125. The molecule has 0 saturated heterocycles. The van der Waals surface area contributed by atoms with E-state index < -0.39 is 82.5 Å².